The molecule has 2 rings (SSSR count). The summed E-state index contributed by atoms with van der Waals surface area (Å²) in [6.45, 7) is 6.46. The molecule has 6 nitrogen and oxygen atoms in total. The molecule has 0 aliphatic rings. The lowest BCUT2D eigenvalue weighted by Gasteiger charge is -2.20. The number of aliphatic hydroxyl groups is 1. The average molecular weight is 314 g/mol. The third kappa shape index (κ3) is 4.26. The molecule has 0 radical (unpaired) electrons. The van der Waals surface area contributed by atoms with Crippen molar-refractivity contribution in [3.63, 3.8) is 0 Å². The molecule has 2 aromatic rings. The van der Waals surface area contributed by atoms with Gasteiger partial charge >= 0.3 is 0 Å². The molecule has 1 amide bonds. The fourth-order valence-electron chi connectivity index (χ4n) is 2.12. The summed E-state index contributed by atoms with van der Waals surface area (Å²) >= 11 is 0. The van der Waals surface area contributed by atoms with Gasteiger partial charge in [0.2, 0.25) is 0 Å². The Kier molecular flexibility index (Phi) is 4.95. The van der Waals surface area contributed by atoms with Crippen molar-refractivity contribution in [2.75, 3.05) is 12.3 Å². The molecule has 0 aliphatic heterocycles. The molecule has 1 heterocycles. The van der Waals surface area contributed by atoms with Gasteiger partial charge < -0.3 is 16.2 Å². The number of anilines is 1. The van der Waals surface area contributed by atoms with E-state index in [0.29, 0.717) is 0 Å². The minimum absolute atomic E-state index is 0.0567. The predicted octanol–water partition coefficient (Wildman–Crippen LogP) is 1.82. The molecule has 1 aromatic carbocycles. The van der Waals surface area contributed by atoms with Crippen LogP contribution in [-0.4, -0.2) is 27.5 Å². The molecule has 122 valence electrons. The Labute approximate surface area is 135 Å². The number of aromatic nitrogens is 2. The SMILES string of the molecule is CC(C)(C)c1ccc(C(O)CNC(=O)c2nccnc2N)cc1. The molecule has 1 aromatic heterocycles. The first-order chi connectivity index (χ1) is 10.8. The van der Waals surface area contributed by atoms with E-state index in [9.17, 15) is 9.90 Å². The number of nitrogens with zero attached hydrogens (tertiary/aromatic N) is 2. The smallest absolute Gasteiger partial charge is 0.273 e. The van der Waals surface area contributed by atoms with Crippen molar-refractivity contribution in [2.45, 2.75) is 32.3 Å². The summed E-state index contributed by atoms with van der Waals surface area (Å²) in [5, 5.41) is 12.8. The number of hydrogen-bond donors (Lipinski definition) is 3. The van der Waals surface area contributed by atoms with Gasteiger partial charge in [-0.2, -0.15) is 0 Å². The lowest BCUT2D eigenvalue weighted by molar-refractivity contribution is 0.0912. The average Bonchev–Trinajstić information content (AvgIpc) is 2.52. The monoisotopic (exact) mass is 314 g/mol. The largest absolute Gasteiger partial charge is 0.387 e. The summed E-state index contributed by atoms with van der Waals surface area (Å²) in [6.07, 6.45) is 2.01. The highest BCUT2D eigenvalue weighted by atomic mass is 16.3. The minimum Gasteiger partial charge on any atom is -0.387 e. The van der Waals surface area contributed by atoms with Crippen molar-refractivity contribution < 1.29 is 9.90 Å². The number of aliphatic hydroxyl groups excluding tert-OH is 1. The van der Waals surface area contributed by atoms with E-state index in [1.165, 1.54) is 18.0 Å². The third-order valence-electron chi connectivity index (χ3n) is 3.56. The summed E-state index contributed by atoms with van der Waals surface area (Å²) in [4.78, 5) is 19.7. The Balaban J connectivity index is 1.98. The summed E-state index contributed by atoms with van der Waals surface area (Å²) in [5.74, 6) is -0.394. The molecule has 0 aliphatic carbocycles. The van der Waals surface area contributed by atoms with Crippen LogP contribution in [0.2, 0.25) is 0 Å². The van der Waals surface area contributed by atoms with E-state index >= 15 is 0 Å². The Bertz CT molecular complexity index is 678. The van der Waals surface area contributed by atoms with Crippen molar-refractivity contribution in [3.05, 3.63) is 53.5 Å². The van der Waals surface area contributed by atoms with Gasteiger partial charge in [-0.1, -0.05) is 45.0 Å². The second-order valence-electron chi connectivity index (χ2n) is 6.39. The fraction of sp³-hybridized carbons (Fsp3) is 0.353. The summed E-state index contributed by atoms with van der Waals surface area (Å²) in [6, 6.07) is 7.71. The van der Waals surface area contributed by atoms with Crippen LogP contribution in [0.1, 0.15) is 48.5 Å². The van der Waals surface area contributed by atoms with E-state index < -0.39 is 12.0 Å². The van der Waals surface area contributed by atoms with Crippen LogP contribution in [0.15, 0.2) is 36.7 Å². The van der Waals surface area contributed by atoms with E-state index in [-0.39, 0.29) is 23.5 Å². The first-order valence-corrected chi connectivity index (χ1v) is 7.42. The normalized spacial score (nSPS) is 12.7. The Hall–Kier alpha value is -2.47. The summed E-state index contributed by atoms with van der Waals surface area (Å²) in [7, 11) is 0. The quantitative estimate of drug-likeness (QED) is 0.799. The number of hydrogen-bond acceptors (Lipinski definition) is 5. The molecule has 1 atom stereocenters. The molecular weight excluding hydrogens is 292 g/mol. The molecule has 0 spiro atoms. The van der Waals surface area contributed by atoms with E-state index in [1.807, 2.05) is 24.3 Å². The van der Waals surface area contributed by atoms with Gasteiger partial charge in [0, 0.05) is 18.9 Å². The molecule has 0 bridgehead atoms. The first kappa shape index (κ1) is 16.9. The zero-order chi connectivity index (χ0) is 17.0. The summed E-state index contributed by atoms with van der Waals surface area (Å²) in [5.41, 5.74) is 7.64. The number of nitrogens with one attached hydrogen (secondary N) is 1. The standard InChI is InChI=1S/C17H22N4O2/c1-17(2,3)12-6-4-11(5-7-12)13(22)10-21-16(23)14-15(18)20-9-8-19-14/h4-9,13,22H,10H2,1-3H3,(H2,18,20)(H,21,23). The highest BCUT2D eigenvalue weighted by Crippen LogP contribution is 2.23. The molecule has 0 saturated heterocycles. The fourth-order valence-corrected chi connectivity index (χ4v) is 2.12. The van der Waals surface area contributed by atoms with E-state index in [0.717, 1.165) is 5.56 Å². The van der Waals surface area contributed by atoms with E-state index in [1.54, 1.807) is 0 Å². The van der Waals surface area contributed by atoms with Crippen LogP contribution in [0, 0.1) is 0 Å². The van der Waals surface area contributed by atoms with Gasteiger partial charge in [0.05, 0.1) is 6.10 Å². The van der Waals surface area contributed by atoms with Crippen LogP contribution in [0.5, 0.6) is 0 Å². The second kappa shape index (κ2) is 6.75. The van der Waals surface area contributed by atoms with Crippen molar-refractivity contribution >= 4 is 11.7 Å². The van der Waals surface area contributed by atoms with Gasteiger partial charge in [-0.3, -0.25) is 4.79 Å². The highest BCUT2D eigenvalue weighted by molar-refractivity contribution is 5.96. The molecular formula is C17H22N4O2. The maximum atomic E-state index is 12.0. The van der Waals surface area contributed by atoms with Gasteiger partial charge in [0.1, 0.15) is 0 Å². The number of nitrogens with two attached hydrogens (primary N) is 1. The number of amides is 1. The predicted molar refractivity (Wildman–Crippen MR) is 88.9 cm³/mol. The van der Waals surface area contributed by atoms with Crippen molar-refractivity contribution in [1.29, 1.82) is 0 Å². The van der Waals surface area contributed by atoms with Crippen LogP contribution in [0.4, 0.5) is 5.82 Å². The number of benzene rings is 1. The zero-order valence-electron chi connectivity index (χ0n) is 13.6. The second-order valence-corrected chi connectivity index (χ2v) is 6.39. The lowest BCUT2D eigenvalue weighted by atomic mass is 9.86. The molecule has 0 saturated carbocycles. The number of rotatable bonds is 4. The van der Waals surface area contributed by atoms with Crippen molar-refractivity contribution in [3.8, 4) is 0 Å². The highest BCUT2D eigenvalue weighted by Gasteiger charge is 2.16. The molecule has 1 unspecified atom stereocenters. The first-order valence-electron chi connectivity index (χ1n) is 7.42. The number of carbonyl (C=O) groups is 1. The molecule has 6 heteroatoms. The van der Waals surface area contributed by atoms with Gasteiger partial charge in [-0.15, -0.1) is 0 Å². The van der Waals surface area contributed by atoms with E-state index in [4.69, 9.17) is 5.73 Å². The third-order valence-corrected chi connectivity index (χ3v) is 3.56. The summed E-state index contributed by atoms with van der Waals surface area (Å²) < 4.78 is 0. The van der Waals surface area contributed by atoms with Gasteiger partial charge in [0.15, 0.2) is 11.5 Å². The maximum absolute atomic E-state index is 12.0. The lowest BCUT2D eigenvalue weighted by Crippen LogP contribution is -2.30. The van der Waals surface area contributed by atoms with Crippen LogP contribution < -0.4 is 11.1 Å². The molecule has 0 fully saturated rings. The molecule has 23 heavy (non-hydrogen) atoms. The Morgan fingerprint density at radius 1 is 1.22 bits per heavy atom. The minimum atomic E-state index is -0.800. The van der Waals surface area contributed by atoms with Crippen LogP contribution in [0.3, 0.4) is 0 Å². The topological polar surface area (TPSA) is 101 Å². The van der Waals surface area contributed by atoms with Crippen molar-refractivity contribution in [2.24, 2.45) is 0 Å². The maximum Gasteiger partial charge on any atom is 0.273 e. The van der Waals surface area contributed by atoms with Crippen molar-refractivity contribution in [1.82, 2.24) is 15.3 Å². The number of carbonyl (C=O) groups excluding carboxylic acids is 1. The van der Waals surface area contributed by atoms with E-state index in [2.05, 4.69) is 36.1 Å². The van der Waals surface area contributed by atoms with Crippen LogP contribution in [0.25, 0.3) is 0 Å². The Morgan fingerprint density at radius 3 is 2.39 bits per heavy atom. The Morgan fingerprint density at radius 2 is 1.83 bits per heavy atom. The number of nitrogen functional groups attached to an aromatic ring is 1. The van der Waals surface area contributed by atoms with Crippen LogP contribution in [-0.2, 0) is 5.41 Å². The van der Waals surface area contributed by atoms with Gasteiger partial charge in [-0.05, 0) is 16.5 Å². The van der Waals surface area contributed by atoms with Gasteiger partial charge in [0.25, 0.3) is 5.91 Å². The zero-order valence-corrected chi connectivity index (χ0v) is 13.6. The van der Waals surface area contributed by atoms with Crippen LogP contribution >= 0.6 is 0 Å². The molecule has 4 N–H and O–H groups in total. The van der Waals surface area contributed by atoms with Gasteiger partial charge in [-0.25, -0.2) is 9.97 Å².